The van der Waals surface area contributed by atoms with Gasteiger partial charge in [0.25, 0.3) is 5.88 Å². The highest BCUT2D eigenvalue weighted by atomic mass is 35.5. The van der Waals surface area contributed by atoms with E-state index in [4.69, 9.17) is 16.3 Å². The molecule has 3 rings (SSSR count). The molecule has 19 heavy (non-hydrogen) atoms. The van der Waals surface area contributed by atoms with Gasteiger partial charge in [-0.2, -0.15) is 0 Å². The van der Waals surface area contributed by atoms with Gasteiger partial charge in [-0.25, -0.2) is 0 Å². The molecule has 1 aromatic heterocycles. The van der Waals surface area contributed by atoms with Crippen molar-refractivity contribution in [3.63, 3.8) is 0 Å². The Morgan fingerprint density at radius 3 is 2.79 bits per heavy atom. The first-order valence-corrected chi connectivity index (χ1v) is 6.56. The number of nitrogens with zero attached hydrogens (tertiary/aromatic N) is 2. The maximum atomic E-state index is 11.3. The molecule has 4 nitrogen and oxygen atoms in total. The highest BCUT2D eigenvalue weighted by Crippen LogP contribution is 2.46. The summed E-state index contributed by atoms with van der Waals surface area (Å²) < 4.78 is 5.79. The fraction of sp³-hybridized carbons (Fsp3) is 0.286. The van der Waals surface area contributed by atoms with E-state index in [1.807, 2.05) is 19.1 Å². The van der Waals surface area contributed by atoms with Gasteiger partial charge in [-0.3, -0.25) is 0 Å². The van der Waals surface area contributed by atoms with Crippen LogP contribution in [0.25, 0.3) is 0 Å². The number of benzene rings is 1. The van der Waals surface area contributed by atoms with E-state index in [0.717, 1.165) is 11.3 Å². The van der Waals surface area contributed by atoms with Gasteiger partial charge < -0.3 is 9.94 Å². The van der Waals surface area contributed by atoms with Gasteiger partial charge in [0.1, 0.15) is 5.75 Å². The van der Waals surface area contributed by atoms with E-state index in [9.17, 15) is 5.21 Å². The van der Waals surface area contributed by atoms with Gasteiger partial charge in [0, 0.05) is 12.1 Å². The van der Waals surface area contributed by atoms with Crippen molar-refractivity contribution in [3.05, 3.63) is 51.8 Å². The molecule has 0 N–H and O–H groups in total. The number of rotatable bonds is 3. The second-order valence-corrected chi connectivity index (χ2v) is 5.12. The second-order valence-electron chi connectivity index (χ2n) is 4.74. The lowest BCUT2D eigenvalue weighted by atomic mass is 10.1. The first kappa shape index (κ1) is 12.2. The molecule has 1 heterocycles. The number of hydrogen-bond acceptors (Lipinski definition) is 3. The molecule has 1 saturated carbocycles. The summed E-state index contributed by atoms with van der Waals surface area (Å²) in [6.45, 7) is 1.99. The van der Waals surface area contributed by atoms with Crippen LogP contribution in [0.15, 0.2) is 30.3 Å². The summed E-state index contributed by atoms with van der Waals surface area (Å²) in [4.78, 5) is 0.353. The van der Waals surface area contributed by atoms with Crippen molar-refractivity contribution in [2.45, 2.75) is 25.7 Å². The van der Waals surface area contributed by atoms with Crippen LogP contribution in [-0.4, -0.2) is 5.10 Å². The lowest BCUT2D eigenvalue weighted by Gasteiger charge is -2.12. The van der Waals surface area contributed by atoms with Gasteiger partial charge >= 0.3 is 5.15 Å². The van der Waals surface area contributed by atoms with Crippen LogP contribution in [0.3, 0.4) is 0 Å². The number of halogens is 1. The summed E-state index contributed by atoms with van der Waals surface area (Å²) >= 11 is 5.64. The average molecular weight is 277 g/mol. The number of para-hydroxylation sites is 1. The monoisotopic (exact) mass is 276 g/mol. The van der Waals surface area contributed by atoms with E-state index in [0.29, 0.717) is 10.8 Å². The zero-order valence-corrected chi connectivity index (χ0v) is 11.2. The number of aryl methyl sites for hydroxylation is 1. The topological polar surface area (TPSA) is 49.1 Å². The first-order valence-electron chi connectivity index (χ1n) is 6.19. The van der Waals surface area contributed by atoms with Gasteiger partial charge in [-0.05, 0) is 53.3 Å². The third kappa shape index (κ3) is 2.49. The Labute approximate surface area is 116 Å². The maximum Gasteiger partial charge on any atom is 0.313 e. The summed E-state index contributed by atoms with van der Waals surface area (Å²) in [7, 11) is 0. The number of hydrogen-bond donors (Lipinski definition) is 0. The lowest BCUT2D eigenvalue weighted by Crippen LogP contribution is -2.32. The molecule has 0 unspecified atom stereocenters. The molecule has 5 heteroatoms. The summed E-state index contributed by atoms with van der Waals surface area (Å²) in [6, 6.07) is 9.16. The molecule has 0 bridgehead atoms. The van der Waals surface area contributed by atoms with E-state index in [-0.39, 0.29) is 11.0 Å². The minimum absolute atomic E-state index is 0.0274. The number of aromatic nitrogens is 2. The molecule has 1 aliphatic rings. The highest BCUT2D eigenvalue weighted by Gasteiger charge is 2.28. The molecule has 0 atom stereocenters. The van der Waals surface area contributed by atoms with Gasteiger partial charge in [0.2, 0.25) is 0 Å². The van der Waals surface area contributed by atoms with Gasteiger partial charge in [0.05, 0.1) is 5.10 Å². The van der Waals surface area contributed by atoms with Crippen LogP contribution in [0.1, 0.15) is 29.9 Å². The van der Waals surface area contributed by atoms with Crippen LogP contribution in [0.5, 0.6) is 11.6 Å². The summed E-state index contributed by atoms with van der Waals surface area (Å²) in [5, 5.41) is 15.1. The molecule has 0 aliphatic heterocycles. The molecule has 1 fully saturated rings. The Hall–Kier alpha value is -1.81. The molecule has 0 spiro atoms. The zero-order chi connectivity index (χ0) is 13.4. The van der Waals surface area contributed by atoms with Crippen LogP contribution in [-0.2, 0) is 0 Å². The van der Waals surface area contributed by atoms with Crippen LogP contribution >= 0.6 is 11.6 Å². The van der Waals surface area contributed by atoms with Crippen molar-refractivity contribution < 1.29 is 9.58 Å². The van der Waals surface area contributed by atoms with Gasteiger partial charge in [-0.15, -0.1) is 0 Å². The Bertz CT molecular complexity index is 627. The van der Waals surface area contributed by atoms with E-state index in [1.165, 1.54) is 24.5 Å². The molecule has 0 amide bonds. The van der Waals surface area contributed by atoms with Crippen molar-refractivity contribution in [2.24, 2.45) is 0 Å². The Balaban J connectivity index is 1.96. The third-order valence-corrected chi connectivity index (χ3v) is 3.47. The lowest BCUT2D eigenvalue weighted by molar-refractivity contribution is -0.667. The molecule has 1 aliphatic carbocycles. The van der Waals surface area contributed by atoms with E-state index < -0.39 is 0 Å². The Morgan fingerprint density at radius 1 is 1.32 bits per heavy atom. The van der Waals surface area contributed by atoms with Crippen molar-refractivity contribution in [3.8, 4) is 11.6 Å². The molecular weight excluding hydrogens is 264 g/mol. The van der Waals surface area contributed by atoms with Crippen molar-refractivity contribution in [2.75, 3.05) is 0 Å². The standard InChI is InChI=1S/C14H13ClN2O2/c1-9-3-2-4-11(10-5-6-10)14(9)19-13-8-7-12(15)17(18)16-13/h2-4,7-8,10H,5-6H2,1H3. The average Bonchev–Trinajstić information content (AvgIpc) is 3.20. The van der Waals surface area contributed by atoms with Crippen LogP contribution in [0.4, 0.5) is 0 Å². The smallest absolute Gasteiger partial charge is 0.313 e. The first-order chi connectivity index (χ1) is 9.15. The minimum Gasteiger partial charge on any atom is -0.593 e. The molecule has 2 aromatic rings. The minimum atomic E-state index is 0.0274. The molecule has 0 saturated heterocycles. The summed E-state index contributed by atoms with van der Waals surface area (Å²) in [6.07, 6.45) is 2.38. The normalized spacial score (nSPS) is 14.4. The molecule has 0 radical (unpaired) electrons. The third-order valence-electron chi connectivity index (χ3n) is 3.20. The van der Waals surface area contributed by atoms with Gasteiger partial charge in [-0.1, -0.05) is 18.2 Å². The van der Waals surface area contributed by atoms with E-state index >= 15 is 0 Å². The zero-order valence-electron chi connectivity index (χ0n) is 10.5. The molecule has 98 valence electrons. The van der Waals surface area contributed by atoms with Crippen LogP contribution in [0.2, 0.25) is 5.15 Å². The predicted octanol–water partition coefficient (Wildman–Crippen LogP) is 3.35. The fourth-order valence-corrected chi connectivity index (χ4v) is 2.16. The predicted molar refractivity (Wildman–Crippen MR) is 71.4 cm³/mol. The fourth-order valence-electron chi connectivity index (χ4n) is 2.06. The van der Waals surface area contributed by atoms with Crippen molar-refractivity contribution in [1.82, 2.24) is 5.10 Å². The molecule has 1 aromatic carbocycles. The Morgan fingerprint density at radius 2 is 2.11 bits per heavy atom. The summed E-state index contributed by atoms with van der Waals surface area (Å²) in [5.41, 5.74) is 2.23. The van der Waals surface area contributed by atoms with Gasteiger partial charge in [0.15, 0.2) is 0 Å². The second kappa shape index (κ2) is 4.70. The van der Waals surface area contributed by atoms with Crippen LogP contribution < -0.4 is 9.58 Å². The maximum absolute atomic E-state index is 11.3. The quantitative estimate of drug-likeness (QED) is 0.638. The van der Waals surface area contributed by atoms with Crippen LogP contribution in [0, 0.1) is 12.1 Å². The Kier molecular flexibility index (Phi) is 3.03. The number of ether oxygens (including phenoxy) is 1. The molecular formula is C14H13ClN2O2. The highest BCUT2D eigenvalue weighted by molar-refractivity contribution is 6.28. The summed E-state index contributed by atoms with van der Waals surface area (Å²) in [5.74, 6) is 1.64. The van der Waals surface area contributed by atoms with E-state index in [2.05, 4.69) is 11.2 Å². The SMILES string of the molecule is Cc1cccc(C2CC2)c1Oc1ccc(Cl)[n+]([O-])n1. The van der Waals surface area contributed by atoms with Crippen molar-refractivity contribution in [1.29, 1.82) is 0 Å². The largest absolute Gasteiger partial charge is 0.593 e. The van der Waals surface area contributed by atoms with E-state index in [1.54, 1.807) is 6.07 Å². The van der Waals surface area contributed by atoms with Crippen molar-refractivity contribution >= 4 is 11.6 Å².